The van der Waals surface area contributed by atoms with Crippen molar-refractivity contribution in [3.05, 3.63) is 41.9 Å². The first-order chi connectivity index (χ1) is 14.3. The molecule has 0 aliphatic rings. The van der Waals surface area contributed by atoms with Crippen LogP contribution in [0.25, 0.3) is 22.9 Å². The maximum Gasteiger partial charge on any atom is 0.419 e. The highest BCUT2D eigenvalue weighted by atomic mass is 32.2. The Bertz CT molecular complexity index is 1420. The molecule has 0 radical (unpaired) electrons. The van der Waals surface area contributed by atoms with Crippen molar-refractivity contribution in [1.82, 2.24) is 29.0 Å². The minimum Gasteiger partial charge on any atom is -0.290 e. The average molecular weight is 464 g/mol. The standard InChI is InChI=1S/C16H10F6N6O2S/c1-2-31(29,30)13-11(24-10-5-8(15(17,18)19)3-4-27(10)13)12-25-14-23-6-9(16(20,21)22)7-28(14)26-12/h3-7H,2H2,1H3. The van der Waals surface area contributed by atoms with Crippen LogP contribution >= 0.6 is 0 Å². The number of pyridine rings is 1. The summed E-state index contributed by atoms with van der Waals surface area (Å²) in [5.41, 5.74) is -2.93. The van der Waals surface area contributed by atoms with Gasteiger partial charge in [-0.05, 0) is 12.1 Å². The second-order valence-electron chi connectivity index (χ2n) is 6.33. The van der Waals surface area contributed by atoms with Crippen LogP contribution in [0.15, 0.2) is 35.7 Å². The highest BCUT2D eigenvalue weighted by Gasteiger charge is 2.34. The first-order valence-corrected chi connectivity index (χ1v) is 10.1. The van der Waals surface area contributed by atoms with Gasteiger partial charge in [0.2, 0.25) is 5.82 Å². The molecule has 31 heavy (non-hydrogen) atoms. The highest BCUT2D eigenvalue weighted by Crippen LogP contribution is 2.33. The Labute approximate surface area is 169 Å². The number of rotatable bonds is 3. The Hall–Kier alpha value is -3.23. The van der Waals surface area contributed by atoms with Crippen LogP contribution in [0.1, 0.15) is 18.1 Å². The maximum atomic E-state index is 13.0. The molecule has 0 aliphatic heterocycles. The van der Waals surface area contributed by atoms with Crippen molar-refractivity contribution in [3.63, 3.8) is 0 Å². The van der Waals surface area contributed by atoms with E-state index in [4.69, 9.17) is 0 Å². The van der Waals surface area contributed by atoms with Gasteiger partial charge >= 0.3 is 12.4 Å². The quantitative estimate of drug-likeness (QED) is 0.432. The van der Waals surface area contributed by atoms with Crippen LogP contribution in [0.3, 0.4) is 0 Å². The number of alkyl halides is 6. The normalized spacial score (nSPS) is 13.4. The number of hydrogen-bond donors (Lipinski definition) is 0. The molecule has 0 aliphatic carbocycles. The first kappa shape index (κ1) is 21.0. The average Bonchev–Trinajstić information content (AvgIpc) is 3.26. The van der Waals surface area contributed by atoms with E-state index < -0.39 is 55.6 Å². The molecule has 0 fully saturated rings. The van der Waals surface area contributed by atoms with E-state index in [0.717, 1.165) is 10.6 Å². The van der Waals surface area contributed by atoms with E-state index >= 15 is 0 Å². The van der Waals surface area contributed by atoms with Crippen LogP contribution in [0.4, 0.5) is 26.3 Å². The number of hydrogen-bond acceptors (Lipinski definition) is 6. The maximum absolute atomic E-state index is 13.0. The molecule has 0 aromatic carbocycles. The van der Waals surface area contributed by atoms with Gasteiger partial charge in [-0.2, -0.15) is 31.3 Å². The zero-order chi connectivity index (χ0) is 22.8. The lowest BCUT2D eigenvalue weighted by Gasteiger charge is -2.07. The molecule has 4 aromatic rings. The van der Waals surface area contributed by atoms with E-state index in [1.165, 1.54) is 6.92 Å². The van der Waals surface area contributed by atoms with Crippen LogP contribution in [0.2, 0.25) is 0 Å². The molecule has 0 N–H and O–H groups in total. The lowest BCUT2D eigenvalue weighted by molar-refractivity contribution is -0.138. The molecule has 0 atom stereocenters. The molecule has 4 heterocycles. The van der Waals surface area contributed by atoms with Crippen LogP contribution in [0, 0.1) is 0 Å². The summed E-state index contributed by atoms with van der Waals surface area (Å²) in [6.07, 6.45) is -7.38. The van der Waals surface area contributed by atoms with Crippen molar-refractivity contribution in [2.24, 2.45) is 0 Å². The van der Waals surface area contributed by atoms with Crippen molar-refractivity contribution < 1.29 is 34.8 Å². The summed E-state index contributed by atoms with van der Waals surface area (Å²) < 4.78 is 105. The lowest BCUT2D eigenvalue weighted by atomic mass is 10.2. The SMILES string of the molecule is CCS(=O)(=O)c1c(-c2nc3ncc(C(F)(F)F)cn3n2)nc2cc(C(F)(F)F)ccn12. The van der Waals surface area contributed by atoms with Crippen molar-refractivity contribution >= 4 is 21.3 Å². The molecular formula is C16H10F6N6O2S. The summed E-state index contributed by atoms with van der Waals surface area (Å²) in [7, 11) is -4.05. The number of sulfone groups is 1. The molecule has 0 saturated carbocycles. The van der Waals surface area contributed by atoms with E-state index in [1.54, 1.807) is 0 Å². The van der Waals surface area contributed by atoms with E-state index in [2.05, 4.69) is 20.1 Å². The Morgan fingerprint density at radius 1 is 1.03 bits per heavy atom. The monoisotopic (exact) mass is 464 g/mol. The Morgan fingerprint density at radius 3 is 2.32 bits per heavy atom. The topological polar surface area (TPSA) is 94.5 Å². The summed E-state index contributed by atoms with van der Waals surface area (Å²) in [4.78, 5) is 11.4. The highest BCUT2D eigenvalue weighted by molar-refractivity contribution is 7.91. The molecule has 15 heteroatoms. The molecule has 0 unspecified atom stereocenters. The summed E-state index contributed by atoms with van der Waals surface area (Å²) in [6, 6.07) is 1.33. The summed E-state index contributed by atoms with van der Waals surface area (Å²) >= 11 is 0. The second kappa shape index (κ2) is 6.63. The predicted molar refractivity (Wildman–Crippen MR) is 92.7 cm³/mol. The van der Waals surface area contributed by atoms with Gasteiger partial charge in [-0.3, -0.25) is 4.40 Å². The molecule has 0 spiro atoms. The number of aromatic nitrogens is 6. The Kier molecular flexibility index (Phi) is 4.50. The van der Waals surface area contributed by atoms with Gasteiger partial charge in [0.25, 0.3) is 5.78 Å². The van der Waals surface area contributed by atoms with Gasteiger partial charge in [-0.25, -0.2) is 22.9 Å². The number of halogens is 6. The zero-order valence-electron chi connectivity index (χ0n) is 15.3. The molecule has 4 rings (SSSR count). The van der Waals surface area contributed by atoms with E-state index in [1.807, 2.05) is 0 Å². The van der Waals surface area contributed by atoms with Gasteiger partial charge in [0, 0.05) is 18.6 Å². The van der Waals surface area contributed by atoms with Gasteiger partial charge in [-0.1, -0.05) is 6.92 Å². The fourth-order valence-electron chi connectivity index (χ4n) is 2.81. The van der Waals surface area contributed by atoms with Crippen molar-refractivity contribution in [1.29, 1.82) is 0 Å². The number of fused-ring (bicyclic) bond motifs is 2. The van der Waals surface area contributed by atoms with Crippen LogP contribution in [0.5, 0.6) is 0 Å². The van der Waals surface area contributed by atoms with Crippen molar-refractivity contribution in [3.8, 4) is 11.5 Å². The third-order valence-electron chi connectivity index (χ3n) is 4.32. The summed E-state index contributed by atoms with van der Waals surface area (Å²) in [5.74, 6) is -1.11. The number of imidazole rings is 1. The van der Waals surface area contributed by atoms with Gasteiger partial charge in [-0.15, -0.1) is 5.10 Å². The summed E-state index contributed by atoms with van der Waals surface area (Å²) in [5, 5.41) is 3.33. The lowest BCUT2D eigenvalue weighted by Crippen LogP contribution is -2.10. The van der Waals surface area contributed by atoms with E-state index in [0.29, 0.717) is 29.0 Å². The summed E-state index contributed by atoms with van der Waals surface area (Å²) in [6.45, 7) is 1.32. The Morgan fingerprint density at radius 2 is 1.71 bits per heavy atom. The van der Waals surface area contributed by atoms with Crippen molar-refractivity contribution in [2.45, 2.75) is 24.3 Å². The third kappa shape index (κ3) is 3.58. The van der Waals surface area contributed by atoms with Crippen LogP contribution in [-0.2, 0) is 22.2 Å². The largest absolute Gasteiger partial charge is 0.419 e. The molecule has 0 bridgehead atoms. The molecular weight excluding hydrogens is 454 g/mol. The van der Waals surface area contributed by atoms with Gasteiger partial charge in [0.05, 0.1) is 16.9 Å². The minimum atomic E-state index is -4.71. The van der Waals surface area contributed by atoms with Gasteiger partial charge < -0.3 is 0 Å². The molecule has 8 nitrogen and oxygen atoms in total. The molecule has 4 aromatic heterocycles. The van der Waals surface area contributed by atoms with Gasteiger partial charge in [0.15, 0.2) is 14.9 Å². The molecule has 0 amide bonds. The van der Waals surface area contributed by atoms with Gasteiger partial charge in [0.1, 0.15) is 11.3 Å². The predicted octanol–water partition coefficient (Wildman–Crippen LogP) is 3.27. The fourth-order valence-corrected chi connectivity index (χ4v) is 3.97. The second-order valence-corrected chi connectivity index (χ2v) is 8.52. The fraction of sp³-hybridized carbons (Fsp3) is 0.250. The van der Waals surface area contributed by atoms with Crippen molar-refractivity contribution in [2.75, 3.05) is 5.75 Å². The first-order valence-electron chi connectivity index (χ1n) is 8.43. The third-order valence-corrected chi connectivity index (χ3v) is 6.06. The van der Waals surface area contributed by atoms with Crippen LogP contribution in [-0.4, -0.2) is 43.1 Å². The van der Waals surface area contributed by atoms with E-state index in [9.17, 15) is 34.8 Å². The van der Waals surface area contributed by atoms with E-state index in [-0.39, 0.29) is 11.4 Å². The zero-order valence-corrected chi connectivity index (χ0v) is 16.1. The molecule has 164 valence electrons. The minimum absolute atomic E-state index is 0.282. The smallest absolute Gasteiger partial charge is 0.290 e. The molecule has 0 saturated heterocycles. The Balaban J connectivity index is 1.99. The van der Waals surface area contributed by atoms with Crippen LogP contribution < -0.4 is 0 Å². The number of nitrogens with zero attached hydrogens (tertiary/aromatic N) is 6.